The third kappa shape index (κ3) is 2.97. The van der Waals surface area contributed by atoms with Crippen molar-refractivity contribution in [2.75, 3.05) is 10.6 Å². The summed E-state index contributed by atoms with van der Waals surface area (Å²) < 4.78 is 5.67. The van der Waals surface area contributed by atoms with E-state index in [1.807, 2.05) is 48.5 Å². The summed E-state index contributed by atoms with van der Waals surface area (Å²) in [5.41, 5.74) is 2.74. The van der Waals surface area contributed by atoms with Gasteiger partial charge in [-0.2, -0.15) is 5.10 Å². The highest BCUT2D eigenvalue weighted by Crippen LogP contribution is 2.22. The zero-order valence-corrected chi connectivity index (χ0v) is 13.3. The van der Waals surface area contributed by atoms with Gasteiger partial charge in [0.25, 0.3) is 0 Å². The molecule has 0 spiro atoms. The van der Waals surface area contributed by atoms with Crippen molar-refractivity contribution in [1.82, 2.24) is 15.2 Å². The molecule has 0 aliphatic carbocycles. The van der Waals surface area contributed by atoms with E-state index in [2.05, 4.69) is 25.8 Å². The molecule has 0 unspecified atom stereocenters. The van der Waals surface area contributed by atoms with Gasteiger partial charge in [-0.15, -0.1) is 0 Å². The number of rotatable bonds is 3. The lowest BCUT2D eigenvalue weighted by atomic mass is 10.2. The quantitative estimate of drug-likeness (QED) is 0.491. The van der Waals surface area contributed by atoms with Gasteiger partial charge in [-0.25, -0.2) is 4.98 Å². The Labute approximate surface area is 142 Å². The lowest BCUT2D eigenvalue weighted by Crippen LogP contribution is -2.19. The Morgan fingerprint density at radius 3 is 2.79 bits per heavy atom. The van der Waals surface area contributed by atoms with Crippen molar-refractivity contribution in [3.8, 4) is 11.3 Å². The molecule has 0 bridgehead atoms. The SMILES string of the molecule is S=C(Nc1ccc2cn[nH]c2c1)Nc1ncc(-c2ccccc2)o1. The highest BCUT2D eigenvalue weighted by Gasteiger charge is 2.08. The first kappa shape index (κ1) is 14.4. The number of aromatic nitrogens is 3. The fourth-order valence-electron chi connectivity index (χ4n) is 2.34. The second-order valence-electron chi connectivity index (χ2n) is 5.15. The Balaban J connectivity index is 1.45. The normalized spacial score (nSPS) is 10.7. The molecule has 24 heavy (non-hydrogen) atoms. The lowest BCUT2D eigenvalue weighted by molar-refractivity contribution is 0.593. The average molecular weight is 335 g/mol. The van der Waals surface area contributed by atoms with E-state index in [4.69, 9.17) is 16.6 Å². The van der Waals surface area contributed by atoms with Gasteiger partial charge in [0.05, 0.1) is 17.9 Å². The molecule has 6 nitrogen and oxygen atoms in total. The summed E-state index contributed by atoms with van der Waals surface area (Å²) in [5, 5.41) is 14.4. The number of hydrogen-bond donors (Lipinski definition) is 3. The Morgan fingerprint density at radius 2 is 1.92 bits per heavy atom. The number of thiocarbonyl (C=S) groups is 1. The van der Waals surface area contributed by atoms with Crippen LogP contribution >= 0.6 is 12.2 Å². The van der Waals surface area contributed by atoms with Crippen molar-refractivity contribution >= 4 is 39.9 Å². The van der Waals surface area contributed by atoms with E-state index < -0.39 is 0 Å². The second-order valence-corrected chi connectivity index (χ2v) is 5.56. The van der Waals surface area contributed by atoms with Crippen LogP contribution in [0.25, 0.3) is 22.2 Å². The van der Waals surface area contributed by atoms with Crippen molar-refractivity contribution in [3.63, 3.8) is 0 Å². The van der Waals surface area contributed by atoms with Crippen molar-refractivity contribution < 1.29 is 4.42 Å². The summed E-state index contributed by atoms with van der Waals surface area (Å²) in [6.07, 6.45) is 3.44. The summed E-state index contributed by atoms with van der Waals surface area (Å²) in [4.78, 5) is 4.19. The molecule has 2 aromatic carbocycles. The van der Waals surface area contributed by atoms with Crippen LogP contribution in [-0.4, -0.2) is 20.3 Å². The van der Waals surface area contributed by atoms with Crippen LogP contribution in [0.15, 0.2) is 65.3 Å². The predicted molar refractivity (Wildman–Crippen MR) is 97.9 cm³/mol. The minimum atomic E-state index is 0.342. The van der Waals surface area contributed by atoms with Crippen molar-refractivity contribution in [1.29, 1.82) is 0 Å². The number of nitrogens with one attached hydrogen (secondary N) is 3. The van der Waals surface area contributed by atoms with E-state index in [1.54, 1.807) is 12.4 Å². The molecule has 0 amide bonds. The van der Waals surface area contributed by atoms with Gasteiger partial charge >= 0.3 is 6.01 Å². The molecular weight excluding hydrogens is 322 g/mol. The highest BCUT2D eigenvalue weighted by molar-refractivity contribution is 7.80. The van der Waals surface area contributed by atoms with Gasteiger partial charge in [0, 0.05) is 16.6 Å². The molecule has 0 aliphatic heterocycles. The third-order valence-corrected chi connectivity index (χ3v) is 3.69. The Bertz CT molecular complexity index is 992. The number of oxazole rings is 1. The van der Waals surface area contributed by atoms with Gasteiger partial charge in [0.1, 0.15) is 0 Å². The Hall–Kier alpha value is -3.19. The van der Waals surface area contributed by atoms with Gasteiger partial charge < -0.3 is 9.73 Å². The number of nitrogens with zero attached hydrogens (tertiary/aromatic N) is 2. The van der Waals surface area contributed by atoms with Crippen LogP contribution in [0.3, 0.4) is 0 Å². The molecule has 7 heteroatoms. The molecule has 0 fully saturated rings. The molecule has 0 radical (unpaired) electrons. The molecule has 0 aliphatic rings. The van der Waals surface area contributed by atoms with Gasteiger partial charge in [-0.1, -0.05) is 30.3 Å². The van der Waals surface area contributed by atoms with E-state index in [0.717, 1.165) is 22.2 Å². The monoisotopic (exact) mass is 335 g/mol. The van der Waals surface area contributed by atoms with E-state index in [0.29, 0.717) is 16.9 Å². The number of anilines is 2. The van der Waals surface area contributed by atoms with Crippen LogP contribution in [0.4, 0.5) is 11.7 Å². The van der Waals surface area contributed by atoms with Crippen molar-refractivity contribution in [2.45, 2.75) is 0 Å². The minimum Gasteiger partial charge on any atom is -0.423 e. The third-order valence-electron chi connectivity index (χ3n) is 3.48. The van der Waals surface area contributed by atoms with Crippen LogP contribution in [0.2, 0.25) is 0 Å². The smallest absolute Gasteiger partial charge is 0.301 e. The van der Waals surface area contributed by atoms with Crippen LogP contribution in [-0.2, 0) is 0 Å². The number of H-pyrrole nitrogens is 1. The molecule has 118 valence electrons. The van der Waals surface area contributed by atoms with E-state index in [1.165, 1.54) is 0 Å². The largest absolute Gasteiger partial charge is 0.423 e. The first-order valence-corrected chi connectivity index (χ1v) is 7.71. The average Bonchev–Trinajstić information content (AvgIpc) is 3.24. The molecule has 0 atom stereocenters. The number of fused-ring (bicyclic) bond motifs is 1. The first-order valence-electron chi connectivity index (χ1n) is 7.30. The fourth-order valence-corrected chi connectivity index (χ4v) is 2.55. The summed E-state index contributed by atoms with van der Waals surface area (Å²) in [6.45, 7) is 0. The van der Waals surface area contributed by atoms with Crippen molar-refractivity contribution in [3.05, 3.63) is 60.9 Å². The number of benzene rings is 2. The van der Waals surface area contributed by atoms with E-state index in [9.17, 15) is 0 Å². The predicted octanol–water partition coefficient (Wildman–Crippen LogP) is 4.03. The molecule has 2 aromatic heterocycles. The first-order chi connectivity index (χ1) is 11.8. The highest BCUT2D eigenvalue weighted by atomic mass is 32.1. The summed E-state index contributed by atoms with van der Waals surface area (Å²) >= 11 is 5.30. The second kappa shape index (κ2) is 6.13. The molecule has 3 N–H and O–H groups in total. The summed E-state index contributed by atoms with van der Waals surface area (Å²) in [7, 11) is 0. The Morgan fingerprint density at radius 1 is 1.04 bits per heavy atom. The van der Waals surface area contributed by atoms with Gasteiger partial charge in [0.2, 0.25) is 0 Å². The molecule has 0 saturated heterocycles. The topological polar surface area (TPSA) is 78.8 Å². The van der Waals surface area contributed by atoms with Crippen LogP contribution in [0, 0.1) is 0 Å². The van der Waals surface area contributed by atoms with Crippen LogP contribution in [0.1, 0.15) is 0 Å². The van der Waals surface area contributed by atoms with Crippen molar-refractivity contribution in [2.24, 2.45) is 0 Å². The molecule has 2 heterocycles. The minimum absolute atomic E-state index is 0.342. The molecule has 0 saturated carbocycles. The van der Waals surface area contributed by atoms with E-state index in [-0.39, 0.29) is 0 Å². The number of hydrogen-bond acceptors (Lipinski definition) is 4. The van der Waals surface area contributed by atoms with Gasteiger partial charge in [-0.05, 0) is 30.4 Å². The van der Waals surface area contributed by atoms with Gasteiger partial charge in [-0.3, -0.25) is 10.4 Å². The zero-order valence-electron chi connectivity index (χ0n) is 12.5. The standard InChI is InChI=1S/C17H13N5OS/c24-17(20-13-7-6-12-9-19-22-14(12)8-13)21-16-18-10-15(23-16)11-4-2-1-3-5-11/h1-10H,(H,19,22)(H2,18,20,21,24). The molecular formula is C17H13N5OS. The zero-order chi connectivity index (χ0) is 16.4. The van der Waals surface area contributed by atoms with Gasteiger partial charge in [0.15, 0.2) is 10.9 Å². The van der Waals surface area contributed by atoms with E-state index >= 15 is 0 Å². The molecule has 4 aromatic rings. The maximum atomic E-state index is 5.67. The van der Waals surface area contributed by atoms with Crippen LogP contribution in [0.5, 0.6) is 0 Å². The Kier molecular flexibility index (Phi) is 3.68. The number of aromatic amines is 1. The summed E-state index contributed by atoms with van der Waals surface area (Å²) in [5.74, 6) is 0.680. The van der Waals surface area contributed by atoms with Crippen LogP contribution < -0.4 is 10.6 Å². The molecule has 4 rings (SSSR count). The maximum absolute atomic E-state index is 5.67. The lowest BCUT2D eigenvalue weighted by Gasteiger charge is -2.07. The summed E-state index contributed by atoms with van der Waals surface area (Å²) in [6, 6.07) is 15.9. The fraction of sp³-hybridized carbons (Fsp3) is 0. The maximum Gasteiger partial charge on any atom is 0.301 e.